The summed E-state index contributed by atoms with van der Waals surface area (Å²) < 4.78 is 14.1. The second kappa shape index (κ2) is 30.6. The molecule has 0 bridgehead atoms. The molecule has 147 valence electrons. The number of amides is 2. The van der Waals surface area contributed by atoms with Crippen LogP contribution >= 0.6 is 25.3 Å². The third-order valence-electron chi connectivity index (χ3n) is 1.71. The summed E-state index contributed by atoms with van der Waals surface area (Å²) >= 11 is 6.21. The van der Waals surface area contributed by atoms with Crippen molar-refractivity contribution in [3.63, 3.8) is 0 Å². The van der Waals surface area contributed by atoms with Crippen molar-refractivity contribution in [2.75, 3.05) is 34.4 Å². The summed E-state index contributed by atoms with van der Waals surface area (Å²) in [5, 5.41) is 2.01. The highest BCUT2D eigenvalue weighted by atomic mass is 32.1. The van der Waals surface area contributed by atoms with Crippen LogP contribution in [0.4, 0.5) is 9.59 Å². The first-order valence-electron chi connectivity index (χ1n) is 7.39. The summed E-state index contributed by atoms with van der Waals surface area (Å²) in [5.41, 5.74) is 8.67. The van der Waals surface area contributed by atoms with Crippen molar-refractivity contribution in [1.82, 2.24) is 5.32 Å². The zero-order valence-electron chi connectivity index (χ0n) is 15.3. The Hall–Kier alpha value is -0.303. The maximum atomic E-state index is 9.09. The van der Waals surface area contributed by atoms with E-state index in [1.807, 2.05) is 0 Å². The topological polar surface area (TPSA) is 126 Å². The van der Waals surface area contributed by atoms with Crippen LogP contribution in [-0.4, -0.2) is 54.4 Å². The molecule has 24 heavy (non-hydrogen) atoms. The minimum atomic E-state index is -1.36. The van der Waals surface area contributed by atoms with Gasteiger partial charge in [0, 0.05) is 21.3 Å². The lowest BCUT2D eigenvalue weighted by molar-refractivity contribution is 0.163. The molecule has 11 heteroatoms. The highest BCUT2D eigenvalue weighted by Crippen LogP contribution is 1.96. The molecule has 1 aliphatic rings. The zero-order chi connectivity index (χ0) is 19.8. The first kappa shape index (κ1) is 31.5. The van der Waals surface area contributed by atoms with Crippen molar-refractivity contribution in [3.05, 3.63) is 0 Å². The summed E-state index contributed by atoms with van der Waals surface area (Å²) in [5.74, 6) is 0. The van der Waals surface area contributed by atoms with Crippen molar-refractivity contribution < 1.29 is 22.9 Å². The van der Waals surface area contributed by atoms with Crippen LogP contribution in [0.3, 0.4) is 0 Å². The number of primary amides is 2. The van der Waals surface area contributed by atoms with Crippen LogP contribution < -0.4 is 16.8 Å². The summed E-state index contributed by atoms with van der Waals surface area (Å²) in [7, 11) is 3.31. The Balaban J connectivity index is -0.000000108. The van der Waals surface area contributed by atoms with Gasteiger partial charge in [0.2, 0.25) is 0 Å². The molecule has 0 unspecified atom stereocenters. The maximum absolute atomic E-state index is 9.09. The van der Waals surface area contributed by atoms with E-state index in [9.17, 15) is 0 Å². The third-order valence-corrected chi connectivity index (χ3v) is 2.71. The average molecular weight is 405 g/mol. The number of carbonyl (C=O) groups excluding carboxylic acids is 2. The second-order valence-electron chi connectivity index (χ2n) is 4.06. The molecule has 0 aliphatic carbocycles. The van der Waals surface area contributed by atoms with Crippen LogP contribution in [0.15, 0.2) is 0 Å². The number of hydrogen-bond donors (Lipinski definition) is 5. The molecule has 1 aliphatic heterocycles. The lowest BCUT2D eigenvalue weighted by Gasteiger charge is -2.08. The fourth-order valence-corrected chi connectivity index (χ4v) is 1.55. The highest BCUT2D eigenvalue weighted by molar-refractivity contribution is 7.96. The normalized spacial score (nSPS) is 11.8. The van der Waals surface area contributed by atoms with E-state index < -0.39 is 20.0 Å². The standard InChI is InChI=1S/C5H11N.C3H9O3Si.C3H8.2CH3NOS/c1-2-4-6-5-3-1;1-4-7(5-2)6-3;1-3-2;2*2-1(3)4/h6H,1-5H2;1-3H3;3H2,1-2H3;2*(H3,2,3,4). The number of rotatable bonds is 3. The van der Waals surface area contributed by atoms with Gasteiger partial charge >= 0.3 is 9.53 Å². The Bertz CT molecular complexity index is 223. The highest BCUT2D eigenvalue weighted by Gasteiger charge is 2.09. The lowest BCUT2D eigenvalue weighted by atomic mass is 10.2. The molecule has 0 aromatic heterocycles. The van der Waals surface area contributed by atoms with E-state index in [4.69, 9.17) is 22.9 Å². The van der Waals surface area contributed by atoms with Gasteiger partial charge in [0.15, 0.2) is 0 Å². The van der Waals surface area contributed by atoms with Crippen LogP contribution in [0, 0.1) is 0 Å². The molecule has 2 amide bonds. The van der Waals surface area contributed by atoms with Crippen molar-refractivity contribution in [1.29, 1.82) is 0 Å². The van der Waals surface area contributed by atoms with E-state index in [2.05, 4.69) is 55.9 Å². The van der Waals surface area contributed by atoms with E-state index in [0.717, 1.165) is 0 Å². The van der Waals surface area contributed by atoms with Gasteiger partial charge in [-0.25, -0.2) is 0 Å². The Morgan fingerprint density at radius 1 is 0.917 bits per heavy atom. The van der Waals surface area contributed by atoms with Gasteiger partial charge in [0.1, 0.15) is 0 Å². The molecule has 0 aromatic rings. The molecule has 0 spiro atoms. The van der Waals surface area contributed by atoms with E-state index >= 15 is 0 Å². The molecule has 0 aromatic carbocycles. The second-order valence-corrected chi connectivity index (χ2v) is 6.66. The van der Waals surface area contributed by atoms with Crippen LogP contribution in [0.1, 0.15) is 39.5 Å². The monoisotopic (exact) mass is 404 g/mol. The van der Waals surface area contributed by atoms with Crippen LogP contribution in [-0.2, 0) is 13.3 Å². The van der Waals surface area contributed by atoms with Crippen molar-refractivity contribution in [2.24, 2.45) is 11.5 Å². The minimum Gasteiger partial charge on any atom is -0.375 e. The lowest BCUT2D eigenvalue weighted by Crippen LogP contribution is -2.21. The Morgan fingerprint density at radius 3 is 1.21 bits per heavy atom. The fourth-order valence-electron chi connectivity index (χ4n) is 1.05. The fraction of sp³-hybridized carbons (Fsp3) is 0.846. The van der Waals surface area contributed by atoms with Gasteiger partial charge in [-0.2, -0.15) is 0 Å². The van der Waals surface area contributed by atoms with Crippen molar-refractivity contribution in [2.45, 2.75) is 39.5 Å². The predicted octanol–water partition coefficient (Wildman–Crippen LogP) is 2.08. The van der Waals surface area contributed by atoms with Crippen LogP contribution in [0.25, 0.3) is 0 Å². The number of nitrogens with two attached hydrogens (primary N) is 2. The van der Waals surface area contributed by atoms with Crippen LogP contribution in [0.2, 0.25) is 0 Å². The van der Waals surface area contributed by atoms with Gasteiger partial charge in [-0.05, 0) is 25.9 Å². The summed E-state index contributed by atoms with van der Waals surface area (Å²) in [4.78, 5) is 18.2. The van der Waals surface area contributed by atoms with E-state index in [-0.39, 0.29) is 0 Å². The maximum Gasteiger partial charge on any atom is 0.576 e. The number of hydrogen-bond acceptors (Lipinski definition) is 6. The largest absolute Gasteiger partial charge is 0.576 e. The van der Waals surface area contributed by atoms with E-state index in [1.165, 1.54) is 38.8 Å². The summed E-state index contributed by atoms with van der Waals surface area (Å²) in [6, 6.07) is 0. The van der Waals surface area contributed by atoms with Gasteiger partial charge in [0.05, 0.1) is 0 Å². The van der Waals surface area contributed by atoms with Crippen molar-refractivity contribution >= 4 is 45.3 Å². The SMILES string of the molecule is C1CCNCC1.CCC.CO[Si](OC)OC.NC(=O)S.NC(=O)S. The molecule has 1 fully saturated rings. The van der Waals surface area contributed by atoms with E-state index in [1.54, 1.807) is 21.3 Å². The first-order valence-corrected chi connectivity index (χ1v) is 9.51. The Labute approximate surface area is 159 Å². The molecule has 1 saturated heterocycles. The number of nitrogens with one attached hydrogen (secondary N) is 1. The molecule has 0 saturated carbocycles. The van der Waals surface area contributed by atoms with Gasteiger partial charge < -0.3 is 30.1 Å². The van der Waals surface area contributed by atoms with Gasteiger partial charge in [0.25, 0.3) is 10.5 Å². The molecule has 0 atom stereocenters. The molecular weight excluding hydrogens is 370 g/mol. The molecule has 5 N–H and O–H groups in total. The summed E-state index contributed by atoms with van der Waals surface area (Å²) in [6.45, 7) is 6.75. The van der Waals surface area contributed by atoms with Gasteiger partial charge in [-0.1, -0.05) is 51.9 Å². The molecule has 8 nitrogen and oxygen atoms in total. The molecular formula is C13H34N3O5S2Si. The Morgan fingerprint density at radius 2 is 1.17 bits per heavy atom. The minimum absolute atomic E-state index is 0.639. The average Bonchev–Trinajstić information content (AvgIpc) is 2.51. The quantitative estimate of drug-likeness (QED) is 0.362. The van der Waals surface area contributed by atoms with Gasteiger partial charge in [-0.3, -0.25) is 9.59 Å². The summed E-state index contributed by atoms with van der Waals surface area (Å²) in [6.07, 6.45) is 5.47. The molecule has 1 rings (SSSR count). The third kappa shape index (κ3) is 67.9. The zero-order valence-corrected chi connectivity index (χ0v) is 18.1. The molecule has 1 heterocycles. The van der Waals surface area contributed by atoms with Crippen LogP contribution in [0.5, 0.6) is 0 Å². The molecule has 1 radical (unpaired) electrons. The Kier molecular flexibility index (Phi) is 40.1. The smallest absolute Gasteiger partial charge is 0.375 e. The predicted molar refractivity (Wildman–Crippen MR) is 107 cm³/mol. The number of thiol groups is 2. The number of piperidine rings is 1. The van der Waals surface area contributed by atoms with Crippen molar-refractivity contribution in [3.8, 4) is 0 Å². The van der Waals surface area contributed by atoms with E-state index in [0.29, 0.717) is 0 Å². The van der Waals surface area contributed by atoms with Gasteiger partial charge in [-0.15, -0.1) is 0 Å². The first-order chi connectivity index (χ1) is 11.2. The number of carbonyl (C=O) groups is 2.